The summed E-state index contributed by atoms with van der Waals surface area (Å²) >= 11 is 0. The second-order valence-corrected chi connectivity index (χ2v) is 5.18. The van der Waals surface area contributed by atoms with Crippen molar-refractivity contribution in [2.45, 2.75) is 25.8 Å². The molecule has 1 unspecified atom stereocenters. The van der Waals surface area contributed by atoms with Gasteiger partial charge in [0.25, 0.3) is 5.91 Å². The molecule has 0 spiro atoms. The molecule has 1 heterocycles. The van der Waals surface area contributed by atoms with Gasteiger partial charge in [0.15, 0.2) is 0 Å². The molecule has 1 aromatic rings. The summed E-state index contributed by atoms with van der Waals surface area (Å²) in [6.45, 7) is 4.64. The molecule has 0 bridgehead atoms. The molecule has 1 atom stereocenters. The minimum Gasteiger partial charge on any atom is -0.496 e. The summed E-state index contributed by atoms with van der Waals surface area (Å²) in [6.07, 6.45) is 1.92. The van der Waals surface area contributed by atoms with Gasteiger partial charge in [-0.3, -0.25) is 4.79 Å². The molecule has 0 radical (unpaired) electrons. The first-order valence-corrected chi connectivity index (χ1v) is 7.45. The van der Waals surface area contributed by atoms with Crippen LogP contribution in [0.3, 0.4) is 0 Å². The highest BCUT2D eigenvalue weighted by Gasteiger charge is 2.30. The molecule has 0 aliphatic carbocycles. The summed E-state index contributed by atoms with van der Waals surface area (Å²) in [5, 5.41) is 3.32. The quantitative estimate of drug-likeness (QED) is 0.870. The number of hydrogen-bond acceptors (Lipinski definition) is 4. The van der Waals surface area contributed by atoms with Crippen LogP contribution in [0.2, 0.25) is 0 Å². The fourth-order valence-corrected chi connectivity index (χ4v) is 2.80. The van der Waals surface area contributed by atoms with Gasteiger partial charge in [0.05, 0.1) is 14.2 Å². The number of carbonyl (C=O) groups excluding carboxylic acids is 1. The third-order valence-corrected chi connectivity index (χ3v) is 3.84. The Morgan fingerprint density at radius 2 is 2.00 bits per heavy atom. The van der Waals surface area contributed by atoms with Crippen LogP contribution >= 0.6 is 0 Å². The molecule has 1 aromatic carbocycles. The molecule has 1 saturated heterocycles. The van der Waals surface area contributed by atoms with E-state index in [1.165, 1.54) is 0 Å². The van der Waals surface area contributed by atoms with Gasteiger partial charge in [0.1, 0.15) is 17.1 Å². The van der Waals surface area contributed by atoms with Crippen molar-refractivity contribution in [2.75, 3.05) is 33.9 Å². The topological polar surface area (TPSA) is 50.8 Å². The number of benzene rings is 1. The number of amides is 1. The average molecular weight is 292 g/mol. The molecule has 2 rings (SSSR count). The lowest BCUT2D eigenvalue weighted by molar-refractivity contribution is 0.0685. The number of methoxy groups -OCH3 is 2. The van der Waals surface area contributed by atoms with E-state index in [2.05, 4.69) is 12.2 Å². The van der Waals surface area contributed by atoms with E-state index < -0.39 is 0 Å². The Hall–Kier alpha value is -1.75. The van der Waals surface area contributed by atoms with Crippen molar-refractivity contribution in [1.29, 1.82) is 0 Å². The first-order chi connectivity index (χ1) is 10.2. The van der Waals surface area contributed by atoms with Crippen LogP contribution in [0.15, 0.2) is 18.2 Å². The number of ether oxygens (including phenoxy) is 2. The molecule has 1 aliphatic heterocycles. The van der Waals surface area contributed by atoms with Gasteiger partial charge < -0.3 is 19.7 Å². The number of nitrogens with zero attached hydrogens (tertiary/aromatic N) is 1. The summed E-state index contributed by atoms with van der Waals surface area (Å²) in [7, 11) is 3.15. The van der Waals surface area contributed by atoms with Gasteiger partial charge in [-0.15, -0.1) is 0 Å². The predicted octanol–water partition coefficient (Wildman–Crippen LogP) is 1.92. The standard InChI is InChI=1S/C16H24N2O3/c1-4-10-18(12-8-9-17-11-12)16(19)15-13(20-2)6-5-7-14(15)21-3/h5-7,12,17H,4,8-11H2,1-3H3. The average Bonchev–Trinajstić information content (AvgIpc) is 3.05. The Kier molecular flexibility index (Phi) is 5.44. The predicted molar refractivity (Wildman–Crippen MR) is 82.1 cm³/mol. The second-order valence-electron chi connectivity index (χ2n) is 5.18. The van der Waals surface area contributed by atoms with Gasteiger partial charge in [-0.25, -0.2) is 0 Å². The Labute approximate surface area is 126 Å². The zero-order valence-electron chi connectivity index (χ0n) is 13.0. The monoisotopic (exact) mass is 292 g/mol. The zero-order chi connectivity index (χ0) is 15.2. The fraction of sp³-hybridized carbons (Fsp3) is 0.562. The first-order valence-electron chi connectivity index (χ1n) is 7.45. The van der Waals surface area contributed by atoms with Crippen molar-refractivity contribution < 1.29 is 14.3 Å². The zero-order valence-corrected chi connectivity index (χ0v) is 13.0. The summed E-state index contributed by atoms with van der Waals surface area (Å²) in [5.74, 6) is 1.11. The summed E-state index contributed by atoms with van der Waals surface area (Å²) < 4.78 is 10.7. The summed E-state index contributed by atoms with van der Waals surface area (Å²) in [4.78, 5) is 15.0. The molecule has 0 saturated carbocycles. The lowest BCUT2D eigenvalue weighted by Crippen LogP contribution is -2.42. The fourth-order valence-electron chi connectivity index (χ4n) is 2.80. The van der Waals surface area contributed by atoms with Crippen molar-refractivity contribution in [2.24, 2.45) is 0 Å². The van der Waals surface area contributed by atoms with Crippen molar-refractivity contribution in [1.82, 2.24) is 10.2 Å². The first kappa shape index (κ1) is 15.6. The maximum atomic E-state index is 13.0. The molecule has 1 fully saturated rings. The van der Waals surface area contributed by atoms with E-state index in [9.17, 15) is 4.79 Å². The third kappa shape index (κ3) is 3.29. The second kappa shape index (κ2) is 7.31. The largest absolute Gasteiger partial charge is 0.496 e. The third-order valence-electron chi connectivity index (χ3n) is 3.84. The molecule has 116 valence electrons. The molecule has 21 heavy (non-hydrogen) atoms. The van der Waals surface area contributed by atoms with Gasteiger partial charge in [-0.05, 0) is 31.5 Å². The van der Waals surface area contributed by atoms with E-state index in [1.54, 1.807) is 26.4 Å². The minimum absolute atomic E-state index is 0.0140. The molecule has 1 amide bonds. The Bertz CT molecular complexity index is 462. The highest BCUT2D eigenvalue weighted by Crippen LogP contribution is 2.30. The summed E-state index contributed by atoms with van der Waals surface area (Å²) in [5.41, 5.74) is 0.517. The smallest absolute Gasteiger partial charge is 0.261 e. The maximum Gasteiger partial charge on any atom is 0.261 e. The highest BCUT2D eigenvalue weighted by molar-refractivity contribution is 6.00. The minimum atomic E-state index is -0.0140. The van der Waals surface area contributed by atoms with Crippen LogP contribution in [0.1, 0.15) is 30.1 Å². The highest BCUT2D eigenvalue weighted by atomic mass is 16.5. The van der Waals surface area contributed by atoms with Crippen LogP contribution in [-0.4, -0.2) is 50.7 Å². The van der Waals surface area contributed by atoms with E-state index in [0.717, 1.165) is 32.5 Å². The Morgan fingerprint density at radius 3 is 2.48 bits per heavy atom. The van der Waals surface area contributed by atoms with Crippen LogP contribution < -0.4 is 14.8 Å². The van der Waals surface area contributed by atoms with Gasteiger partial charge in [0, 0.05) is 19.1 Å². The van der Waals surface area contributed by atoms with E-state index in [0.29, 0.717) is 17.1 Å². The number of hydrogen-bond donors (Lipinski definition) is 1. The van der Waals surface area contributed by atoms with Gasteiger partial charge in [-0.2, -0.15) is 0 Å². The summed E-state index contributed by atoms with van der Waals surface area (Å²) in [6, 6.07) is 5.67. The van der Waals surface area contributed by atoms with Crippen molar-refractivity contribution >= 4 is 5.91 Å². The van der Waals surface area contributed by atoms with Gasteiger partial charge in [0.2, 0.25) is 0 Å². The van der Waals surface area contributed by atoms with Gasteiger partial charge >= 0.3 is 0 Å². The normalized spacial score (nSPS) is 17.6. The van der Waals surface area contributed by atoms with Crippen LogP contribution in [0.4, 0.5) is 0 Å². The van der Waals surface area contributed by atoms with E-state index in [-0.39, 0.29) is 11.9 Å². The van der Waals surface area contributed by atoms with Crippen LogP contribution in [0.25, 0.3) is 0 Å². The lowest BCUT2D eigenvalue weighted by Gasteiger charge is -2.29. The van der Waals surface area contributed by atoms with Crippen molar-refractivity contribution in [3.8, 4) is 11.5 Å². The van der Waals surface area contributed by atoms with Crippen molar-refractivity contribution in [3.05, 3.63) is 23.8 Å². The van der Waals surface area contributed by atoms with E-state index in [4.69, 9.17) is 9.47 Å². The van der Waals surface area contributed by atoms with Crippen LogP contribution in [-0.2, 0) is 0 Å². The molecule has 1 aliphatic rings. The lowest BCUT2D eigenvalue weighted by atomic mass is 10.1. The molecule has 0 aromatic heterocycles. The molecule has 5 nitrogen and oxygen atoms in total. The molecule has 5 heteroatoms. The SMILES string of the molecule is CCCN(C(=O)c1c(OC)cccc1OC)C1CCNC1. The van der Waals surface area contributed by atoms with Gasteiger partial charge in [-0.1, -0.05) is 13.0 Å². The van der Waals surface area contributed by atoms with Crippen LogP contribution in [0.5, 0.6) is 11.5 Å². The Balaban J connectivity index is 2.35. The van der Waals surface area contributed by atoms with E-state index >= 15 is 0 Å². The van der Waals surface area contributed by atoms with E-state index in [1.807, 2.05) is 11.0 Å². The Morgan fingerprint density at radius 1 is 1.33 bits per heavy atom. The number of rotatable bonds is 6. The number of carbonyl (C=O) groups is 1. The van der Waals surface area contributed by atoms with Crippen molar-refractivity contribution in [3.63, 3.8) is 0 Å². The number of nitrogens with one attached hydrogen (secondary N) is 1. The maximum absolute atomic E-state index is 13.0. The van der Waals surface area contributed by atoms with Crippen LogP contribution in [0, 0.1) is 0 Å². The molecule has 1 N–H and O–H groups in total. The molecular weight excluding hydrogens is 268 g/mol. The molecular formula is C16H24N2O3.